The van der Waals surface area contributed by atoms with Crippen LogP contribution in [0.1, 0.15) is 151 Å². The Balaban J connectivity index is 0.00000294. The third-order valence-electron chi connectivity index (χ3n) is 15.3. The largest absolute Gasteiger partial charge is 0.496 e. The van der Waals surface area contributed by atoms with Crippen molar-refractivity contribution in [2.75, 3.05) is 28.4 Å². The van der Waals surface area contributed by atoms with E-state index in [2.05, 4.69) is 188 Å². The Bertz CT molecular complexity index is 3040. The minimum absolute atomic E-state index is 0.215. The van der Waals surface area contributed by atoms with Crippen LogP contribution < -0.4 is 37.9 Å². The van der Waals surface area contributed by atoms with E-state index in [1.807, 2.05) is 48.5 Å². The molecule has 1 aliphatic rings. The van der Waals surface area contributed by atoms with E-state index in [0.717, 1.165) is 108 Å². The Hall–Kier alpha value is -6.43. The lowest BCUT2D eigenvalue weighted by atomic mass is 9.77. The predicted molar refractivity (Wildman–Crippen MR) is 346 cm³/mol. The Morgan fingerprint density at radius 1 is 0.313 bits per heavy atom. The van der Waals surface area contributed by atoms with Crippen LogP contribution in [0.4, 0.5) is 0 Å². The van der Waals surface area contributed by atoms with Gasteiger partial charge in [-0.1, -0.05) is 140 Å². The van der Waals surface area contributed by atoms with E-state index >= 15 is 0 Å². The summed E-state index contributed by atoms with van der Waals surface area (Å²) in [5.41, 5.74) is 12.2. The van der Waals surface area contributed by atoms with Gasteiger partial charge in [0.05, 0.1) is 34.5 Å². The van der Waals surface area contributed by atoms with Crippen LogP contribution in [0.3, 0.4) is 0 Å². The maximum atomic E-state index is 7.32. The number of ether oxygens (including phenoxy) is 8. The monoisotopic (exact) mass is 1370 g/mol. The van der Waals surface area contributed by atoms with Crippen molar-refractivity contribution in [3.05, 3.63) is 230 Å². The summed E-state index contributed by atoms with van der Waals surface area (Å²) in [5.74, 6) is 4.88. The second-order valence-corrected chi connectivity index (χ2v) is 23.9. The van der Waals surface area contributed by atoms with Crippen LogP contribution in [0, 0.1) is 11.3 Å². The fraction of sp³-hybridized carbons (Fsp3) is 0.300. The maximum Gasteiger partial charge on any atom is 0.127 e. The molecular formula is C70H71Br4NO8. The van der Waals surface area contributed by atoms with Crippen molar-refractivity contribution in [1.82, 2.24) is 0 Å². The molecule has 83 heavy (non-hydrogen) atoms. The number of methoxy groups -OCH3 is 4. The first-order valence-corrected chi connectivity index (χ1v) is 31.2. The van der Waals surface area contributed by atoms with Gasteiger partial charge in [0, 0.05) is 117 Å². The van der Waals surface area contributed by atoms with Crippen LogP contribution in [0.15, 0.2) is 163 Å². The number of rotatable bonds is 20. The van der Waals surface area contributed by atoms with E-state index in [9.17, 15) is 0 Å². The van der Waals surface area contributed by atoms with Gasteiger partial charge in [-0.3, -0.25) is 0 Å². The maximum absolute atomic E-state index is 7.32. The fourth-order valence-electron chi connectivity index (χ4n) is 11.2. The van der Waals surface area contributed by atoms with Crippen molar-refractivity contribution in [3.63, 3.8) is 0 Å². The average molecular weight is 1370 g/mol. The Morgan fingerprint density at radius 3 is 0.639 bits per heavy atom. The molecule has 8 bridgehead atoms. The highest BCUT2D eigenvalue weighted by atomic mass is 79.9. The van der Waals surface area contributed by atoms with Crippen LogP contribution in [-0.2, 0) is 26.4 Å². The molecular weight excluding hydrogens is 1300 g/mol. The minimum Gasteiger partial charge on any atom is -0.496 e. The van der Waals surface area contributed by atoms with Crippen molar-refractivity contribution in [2.24, 2.45) is 0 Å². The van der Waals surface area contributed by atoms with E-state index in [1.165, 1.54) is 6.92 Å². The molecule has 0 spiro atoms. The van der Waals surface area contributed by atoms with Crippen molar-refractivity contribution < 1.29 is 37.9 Å². The van der Waals surface area contributed by atoms with Gasteiger partial charge >= 0.3 is 0 Å². The van der Waals surface area contributed by atoms with Gasteiger partial charge in [-0.2, -0.15) is 5.26 Å². The second-order valence-electron chi connectivity index (χ2n) is 20.3. The molecule has 9 rings (SSSR count). The van der Waals surface area contributed by atoms with E-state index in [4.69, 9.17) is 43.2 Å². The molecule has 432 valence electrons. The summed E-state index contributed by atoms with van der Waals surface area (Å²) in [5, 5.41) is 7.32. The first-order valence-electron chi connectivity index (χ1n) is 28.0. The molecule has 1 aliphatic carbocycles. The fourth-order valence-corrected chi connectivity index (χ4v) is 12.2. The molecule has 0 amide bonds. The van der Waals surface area contributed by atoms with E-state index < -0.39 is 0 Å². The third-order valence-corrected chi connectivity index (χ3v) is 17.4. The van der Waals surface area contributed by atoms with Crippen molar-refractivity contribution in [2.45, 2.75) is 110 Å². The first kappa shape index (κ1) is 62.6. The Morgan fingerprint density at radius 2 is 0.482 bits per heavy atom. The van der Waals surface area contributed by atoms with Gasteiger partial charge in [-0.15, -0.1) is 0 Å². The molecule has 8 aromatic rings. The van der Waals surface area contributed by atoms with Crippen molar-refractivity contribution in [1.29, 1.82) is 5.26 Å². The molecule has 0 heterocycles. The smallest absolute Gasteiger partial charge is 0.127 e. The molecule has 0 saturated carbocycles. The number of benzene rings is 8. The number of nitriles is 1. The summed E-state index contributed by atoms with van der Waals surface area (Å²) in [7, 11) is 6.98. The molecule has 0 fully saturated rings. The highest BCUT2D eigenvalue weighted by Crippen LogP contribution is 2.53. The standard InChI is InChI=1S/C68H68Br4O8.C2H3N/c1-9-49-53-29-58(66(33-61(53)73-5)78-38-42-15-23-46(70)24-16-42)51(11-3)55-31-60(68(35-63(55)75-7)80-40-44-19-27-48(72)28-20-44)52(12-4)56-32-59(67(36-64(56)76-8)79-39-43-17-25-47(71)26-18-43)50(10-2)54-30-57(49)65(34-62(54)74-6)77-37-41-13-21-45(69)22-14-41;1-2-3/h13-36,49-52H,9-12,37-40H2,1-8H3;1H3/t49-,50-,51-,52-;/m1./s1. The van der Waals surface area contributed by atoms with Gasteiger partial charge in [-0.05, 0) is 121 Å². The molecule has 0 unspecified atom stereocenters. The highest BCUT2D eigenvalue weighted by Gasteiger charge is 2.34. The molecule has 13 heteroatoms. The van der Waals surface area contributed by atoms with Gasteiger partial charge in [0.25, 0.3) is 0 Å². The van der Waals surface area contributed by atoms with E-state index in [0.29, 0.717) is 75.1 Å². The van der Waals surface area contributed by atoms with E-state index in [-0.39, 0.29) is 23.7 Å². The van der Waals surface area contributed by atoms with Crippen LogP contribution in [0.25, 0.3) is 0 Å². The first-order chi connectivity index (χ1) is 40.3. The number of halogens is 4. The summed E-state index contributed by atoms with van der Waals surface area (Å²) < 4.78 is 58.0. The SMILES string of the molecule is CC#N.CC[C@@H]1c2cc(c(OCc3ccc(Br)cc3)cc2OC)[C@H](CC)c2cc(c(OCc3ccc(Br)cc3)cc2OC)[C@H](CC)c2cc(c(OCc3ccc(Br)cc3)cc2OC)[C@H](CC)c2cc1c(OCc1ccc(Br)cc1)cc2OC. The van der Waals surface area contributed by atoms with Crippen LogP contribution in [-0.4, -0.2) is 28.4 Å². The number of fused-ring (bicyclic) bond motifs is 8. The van der Waals surface area contributed by atoms with Gasteiger partial charge in [0.1, 0.15) is 72.4 Å². The Labute approximate surface area is 524 Å². The van der Waals surface area contributed by atoms with Gasteiger partial charge in [0.15, 0.2) is 0 Å². The zero-order valence-electron chi connectivity index (χ0n) is 48.5. The quantitative estimate of drug-likeness (QED) is 0.0739. The molecule has 0 N–H and O–H groups in total. The molecule has 8 aromatic carbocycles. The topological polar surface area (TPSA) is 97.6 Å². The highest BCUT2D eigenvalue weighted by molar-refractivity contribution is 9.11. The van der Waals surface area contributed by atoms with E-state index in [1.54, 1.807) is 34.5 Å². The third kappa shape index (κ3) is 14.9. The Kier molecular flexibility index (Phi) is 22.5. The van der Waals surface area contributed by atoms with Gasteiger partial charge in [-0.25, -0.2) is 0 Å². The van der Waals surface area contributed by atoms with Crippen molar-refractivity contribution >= 4 is 63.7 Å². The number of hydrogen-bond acceptors (Lipinski definition) is 9. The molecule has 0 aromatic heterocycles. The summed E-state index contributed by atoms with van der Waals surface area (Å²) in [6, 6.07) is 52.4. The van der Waals surface area contributed by atoms with Gasteiger partial charge in [0.2, 0.25) is 0 Å². The predicted octanol–water partition coefficient (Wildman–Crippen LogP) is 20.1. The van der Waals surface area contributed by atoms with Crippen LogP contribution in [0.2, 0.25) is 0 Å². The summed E-state index contributed by atoms with van der Waals surface area (Å²) >= 11 is 14.5. The normalized spacial score (nSPS) is 15.2. The summed E-state index contributed by atoms with van der Waals surface area (Å²) in [6.07, 6.45) is 2.86. The van der Waals surface area contributed by atoms with Crippen LogP contribution in [0.5, 0.6) is 46.0 Å². The lowest BCUT2D eigenvalue weighted by molar-refractivity contribution is 0.294. The molecule has 9 nitrogen and oxygen atoms in total. The van der Waals surface area contributed by atoms with Crippen LogP contribution >= 0.6 is 63.7 Å². The minimum atomic E-state index is -0.215. The lowest BCUT2D eigenvalue weighted by Gasteiger charge is -2.31. The lowest BCUT2D eigenvalue weighted by Crippen LogP contribution is -2.15. The van der Waals surface area contributed by atoms with Gasteiger partial charge < -0.3 is 37.9 Å². The summed E-state index contributed by atoms with van der Waals surface area (Å²) in [4.78, 5) is 0. The zero-order valence-corrected chi connectivity index (χ0v) is 54.9. The van der Waals surface area contributed by atoms with Crippen molar-refractivity contribution in [3.8, 4) is 52.1 Å². The molecule has 0 aliphatic heterocycles. The number of hydrogen-bond donors (Lipinski definition) is 0. The molecule has 0 radical (unpaired) electrons. The zero-order chi connectivity index (χ0) is 59.2. The molecule has 0 saturated heterocycles. The second kappa shape index (κ2) is 29.9. The summed E-state index contributed by atoms with van der Waals surface area (Å²) in [6.45, 7) is 11.7. The number of nitrogens with zero attached hydrogens (tertiary/aromatic N) is 1. The average Bonchev–Trinajstić information content (AvgIpc) is 3.70. The molecule has 4 atom stereocenters.